The summed E-state index contributed by atoms with van der Waals surface area (Å²) in [7, 11) is 0. The molecule has 0 radical (unpaired) electrons. The predicted molar refractivity (Wildman–Crippen MR) is 76.9 cm³/mol. The summed E-state index contributed by atoms with van der Waals surface area (Å²) in [4.78, 5) is 12.6. The van der Waals surface area contributed by atoms with Gasteiger partial charge in [0.2, 0.25) is 5.91 Å². The average molecular weight is 275 g/mol. The van der Waals surface area contributed by atoms with Crippen molar-refractivity contribution in [3.05, 3.63) is 35.6 Å². The molecule has 1 atom stereocenters. The van der Waals surface area contributed by atoms with E-state index in [0.29, 0.717) is 11.5 Å². The molecule has 1 N–H and O–H groups in total. The van der Waals surface area contributed by atoms with Gasteiger partial charge in [-0.25, -0.2) is 4.39 Å². The van der Waals surface area contributed by atoms with Crippen molar-refractivity contribution in [2.24, 2.45) is 5.41 Å². The van der Waals surface area contributed by atoms with Gasteiger partial charge < -0.3 is 5.32 Å². The second-order valence-corrected chi connectivity index (χ2v) is 7.17. The van der Waals surface area contributed by atoms with E-state index in [9.17, 15) is 9.18 Å². The summed E-state index contributed by atoms with van der Waals surface area (Å²) < 4.78 is 13.0. The lowest BCUT2D eigenvalue weighted by molar-refractivity contribution is -0.124. The number of carbonyl (C=O) groups excluding carboxylic acids is 1. The zero-order valence-electron chi connectivity index (χ0n) is 12.2. The van der Waals surface area contributed by atoms with E-state index in [2.05, 4.69) is 19.2 Å². The molecule has 0 aliphatic heterocycles. The molecular formula is C17H22FNO. The number of nitrogens with one attached hydrogen (secondary N) is 1. The molecule has 0 bridgehead atoms. The molecule has 2 aliphatic rings. The summed E-state index contributed by atoms with van der Waals surface area (Å²) in [5.74, 6) is -0.116. The largest absolute Gasteiger partial charge is 0.353 e. The van der Waals surface area contributed by atoms with Crippen LogP contribution in [0.5, 0.6) is 0 Å². The van der Waals surface area contributed by atoms with Crippen molar-refractivity contribution >= 4 is 5.91 Å². The van der Waals surface area contributed by atoms with Gasteiger partial charge in [-0.2, -0.15) is 0 Å². The third kappa shape index (κ3) is 2.46. The molecule has 2 saturated carbocycles. The van der Waals surface area contributed by atoms with Gasteiger partial charge >= 0.3 is 0 Å². The van der Waals surface area contributed by atoms with Crippen molar-refractivity contribution in [3.63, 3.8) is 0 Å². The van der Waals surface area contributed by atoms with Crippen molar-refractivity contribution in [1.29, 1.82) is 0 Å². The van der Waals surface area contributed by atoms with E-state index in [0.717, 1.165) is 31.2 Å². The highest BCUT2D eigenvalue weighted by atomic mass is 19.1. The highest BCUT2D eigenvalue weighted by Gasteiger charge is 2.52. The smallest absolute Gasteiger partial charge is 0.230 e. The maximum atomic E-state index is 13.0. The van der Waals surface area contributed by atoms with Crippen LogP contribution in [0.2, 0.25) is 0 Å². The molecule has 1 aromatic rings. The Kier molecular flexibility index (Phi) is 3.11. The van der Waals surface area contributed by atoms with E-state index in [1.54, 1.807) is 12.1 Å². The van der Waals surface area contributed by atoms with Crippen LogP contribution in [0.25, 0.3) is 0 Å². The Labute approximate surface area is 119 Å². The van der Waals surface area contributed by atoms with Crippen LogP contribution in [0.3, 0.4) is 0 Å². The number of halogens is 1. The van der Waals surface area contributed by atoms with Crippen LogP contribution in [0.1, 0.15) is 51.5 Å². The summed E-state index contributed by atoms with van der Waals surface area (Å²) in [5, 5.41) is 3.22. The topological polar surface area (TPSA) is 29.1 Å². The van der Waals surface area contributed by atoms with Gasteiger partial charge in [-0.3, -0.25) is 4.79 Å². The average Bonchev–Trinajstić information content (AvgIpc) is 3.12. The Balaban J connectivity index is 1.69. The van der Waals surface area contributed by atoms with Crippen molar-refractivity contribution < 1.29 is 9.18 Å². The lowest BCUT2D eigenvalue weighted by Crippen LogP contribution is -2.40. The standard InChI is InChI=1S/C17H22FNO/c1-16(2)8-7-14(11-16)19-15(20)17(9-10-17)12-3-5-13(18)6-4-12/h3-6,14H,7-11H2,1-2H3,(H,19,20). The lowest BCUT2D eigenvalue weighted by atomic mass is 9.91. The fourth-order valence-electron chi connectivity index (χ4n) is 3.42. The molecule has 3 heteroatoms. The molecule has 0 spiro atoms. The van der Waals surface area contributed by atoms with Crippen LogP contribution in [0, 0.1) is 11.2 Å². The van der Waals surface area contributed by atoms with Crippen molar-refractivity contribution in [1.82, 2.24) is 5.32 Å². The van der Waals surface area contributed by atoms with Crippen LogP contribution in [0.4, 0.5) is 4.39 Å². The van der Waals surface area contributed by atoms with Gasteiger partial charge in [0.1, 0.15) is 5.82 Å². The van der Waals surface area contributed by atoms with Crippen LogP contribution in [0.15, 0.2) is 24.3 Å². The summed E-state index contributed by atoms with van der Waals surface area (Å²) in [6.45, 7) is 4.51. The number of rotatable bonds is 3. The molecule has 0 heterocycles. The van der Waals surface area contributed by atoms with E-state index in [4.69, 9.17) is 0 Å². The second-order valence-electron chi connectivity index (χ2n) is 7.17. The van der Waals surface area contributed by atoms with Gasteiger partial charge in [-0.1, -0.05) is 26.0 Å². The SMILES string of the molecule is CC1(C)CCC(NC(=O)C2(c3ccc(F)cc3)CC2)C1. The molecule has 2 aliphatic carbocycles. The maximum Gasteiger partial charge on any atom is 0.230 e. The Bertz CT molecular complexity index is 516. The molecule has 0 saturated heterocycles. The molecule has 2 fully saturated rings. The van der Waals surface area contributed by atoms with Crippen LogP contribution < -0.4 is 5.32 Å². The van der Waals surface area contributed by atoms with Crippen LogP contribution >= 0.6 is 0 Å². The number of hydrogen-bond donors (Lipinski definition) is 1. The molecule has 20 heavy (non-hydrogen) atoms. The third-order valence-corrected chi connectivity index (χ3v) is 4.89. The fourth-order valence-corrected chi connectivity index (χ4v) is 3.42. The zero-order chi connectivity index (χ0) is 14.4. The monoisotopic (exact) mass is 275 g/mol. The van der Waals surface area contributed by atoms with Gasteiger partial charge in [0.15, 0.2) is 0 Å². The van der Waals surface area contributed by atoms with Gasteiger partial charge in [0.25, 0.3) is 0 Å². The number of hydrogen-bond acceptors (Lipinski definition) is 1. The molecule has 1 aromatic carbocycles. The summed E-state index contributed by atoms with van der Waals surface area (Å²) in [6, 6.07) is 6.69. The van der Waals surface area contributed by atoms with Gasteiger partial charge in [0.05, 0.1) is 5.41 Å². The first-order valence-corrected chi connectivity index (χ1v) is 7.48. The van der Waals surface area contributed by atoms with Crippen molar-refractivity contribution in [2.75, 3.05) is 0 Å². The third-order valence-electron chi connectivity index (χ3n) is 4.89. The normalized spacial score (nSPS) is 26.2. The summed E-state index contributed by atoms with van der Waals surface area (Å²) in [5.41, 5.74) is 0.902. The minimum atomic E-state index is -0.388. The first-order chi connectivity index (χ1) is 9.41. The Morgan fingerprint density at radius 1 is 1.20 bits per heavy atom. The molecule has 0 aromatic heterocycles. The van der Waals surface area contributed by atoms with Crippen molar-refractivity contribution in [2.45, 2.75) is 57.4 Å². The molecule has 108 valence electrons. The molecule has 1 amide bonds. The lowest BCUT2D eigenvalue weighted by Gasteiger charge is -2.21. The maximum absolute atomic E-state index is 13.0. The first-order valence-electron chi connectivity index (χ1n) is 7.48. The summed E-state index contributed by atoms with van der Waals surface area (Å²) in [6.07, 6.45) is 5.04. The Morgan fingerprint density at radius 2 is 1.85 bits per heavy atom. The minimum absolute atomic E-state index is 0.131. The van der Waals surface area contributed by atoms with Crippen LogP contribution in [-0.2, 0) is 10.2 Å². The van der Waals surface area contributed by atoms with Gasteiger partial charge in [-0.05, 0) is 55.2 Å². The molecule has 3 rings (SSSR count). The van der Waals surface area contributed by atoms with E-state index in [-0.39, 0.29) is 17.1 Å². The van der Waals surface area contributed by atoms with E-state index in [1.165, 1.54) is 18.6 Å². The predicted octanol–water partition coefficient (Wildman–Crippen LogP) is 3.55. The van der Waals surface area contributed by atoms with E-state index in [1.807, 2.05) is 0 Å². The van der Waals surface area contributed by atoms with Crippen LogP contribution in [-0.4, -0.2) is 11.9 Å². The fraction of sp³-hybridized carbons (Fsp3) is 0.588. The van der Waals surface area contributed by atoms with E-state index < -0.39 is 0 Å². The number of carbonyl (C=O) groups is 1. The molecular weight excluding hydrogens is 253 g/mol. The van der Waals surface area contributed by atoms with E-state index >= 15 is 0 Å². The highest BCUT2D eigenvalue weighted by molar-refractivity contribution is 5.91. The minimum Gasteiger partial charge on any atom is -0.353 e. The Morgan fingerprint density at radius 3 is 2.35 bits per heavy atom. The Hall–Kier alpha value is -1.38. The molecule has 2 nitrogen and oxygen atoms in total. The molecule has 1 unspecified atom stereocenters. The first kappa shape index (κ1) is 13.6. The number of benzene rings is 1. The number of amides is 1. The van der Waals surface area contributed by atoms with Gasteiger partial charge in [0, 0.05) is 6.04 Å². The van der Waals surface area contributed by atoms with Crippen molar-refractivity contribution in [3.8, 4) is 0 Å². The quantitative estimate of drug-likeness (QED) is 0.898. The second kappa shape index (κ2) is 4.57. The van der Waals surface area contributed by atoms with Gasteiger partial charge in [-0.15, -0.1) is 0 Å². The zero-order valence-corrected chi connectivity index (χ0v) is 12.2. The highest BCUT2D eigenvalue weighted by Crippen LogP contribution is 2.49. The summed E-state index contributed by atoms with van der Waals surface area (Å²) >= 11 is 0.